The number of aliphatic carboxylic acids is 1. The minimum atomic E-state index is -1.18. The molecule has 0 atom stereocenters. The van der Waals surface area contributed by atoms with Crippen LogP contribution in [0.2, 0.25) is 0 Å². The summed E-state index contributed by atoms with van der Waals surface area (Å²) in [6, 6.07) is 1.88. The molecule has 0 amide bonds. The number of aryl methyl sites for hydroxylation is 1. The Morgan fingerprint density at radius 1 is 1.60 bits per heavy atom. The number of hydrogen-bond donors (Lipinski definition) is 1. The summed E-state index contributed by atoms with van der Waals surface area (Å²) >= 11 is 0. The van der Waals surface area contributed by atoms with Crippen molar-refractivity contribution < 1.29 is 19.2 Å². The molecule has 1 aromatic rings. The van der Waals surface area contributed by atoms with Gasteiger partial charge >= 0.3 is 5.97 Å². The fraction of sp³-hybridized carbons (Fsp3) is 0.222. The molecule has 0 radical (unpaired) electrons. The van der Waals surface area contributed by atoms with Crippen LogP contribution in [0.25, 0.3) is 0 Å². The standard InChI is InChI=1S/C9H8FNO4/c1-5-2-6(11(14)15)3-8(10)7(5)4-9(12)13/h2-3H,4H2,1H3,(H,12,13). The van der Waals surface area contributed by atoms with Crippen LogP contribution in [0.3, 0.4) is 0 Å². The van der Waals surface area contributed by atoms with Crippen molar-refractivity contribution in [1.82, 2.24) is 0 Å². The molecule has 0 fully saturated rings. The number of non-ortho nitro benzene ring substituents is 1. The maximum Gasteiger partial charge on any atom is 0.307 e. The maximum absolute atomic E-state index is 13.3. The highest BCUT2D eigenvalue weighted by Gasteiger charge is 2.16. The van der Waals surface area contributed by atoms with Gasteiger partial charge in [-0.1, -0.05) is 0 Å². The van der Waals surface area contributed by atoms with Gasteiger partial charge in [0.1, 0.15) is 5.82 Å². The zero-order valence-corrected chi connectivity index (χ0v) is 7.86. The minimum Gasteiger partial charge on any atom is -0.481 e. The molecule has 0 heterocycles. The molecular weight excluding hydrogens is 205 g/mol. The van der Waals surface area contributed by atoms with Crippen molar-refractivity contribution in [2.75, 3.05) is 0 Å². The summed E-state index contributed by atoms with van der Waals surface area (Å²) in [5.74, 6) is -2.03. The molecule has 0 aliphatic rings. The Hall–Kier alpha value is -1.98. The largest absolute Gasteiger partial charge is 0.481 e. The Morgan fingerprint density at radius 2 is 2.20 bits per heavy atom. The Bertz CT molecular complexity index is 407. The van der Waals surface area contributed by atoms with Gasteiger partial charge in [-0.15, -0.1) is 0 Å². The summed E-state index contributed by atoms with van der Waals surface area (Å²) in [5, 5.41) is 18.9. The first-order valence-electron chi connectivity index (χ1n) is 4.07. The topological polar surface area (TPSA) is 80.4 Å². The first-order chi connectivity index (χ1) is 6.91. The predicted molar refractivity (Wildman–Crippen MR) is 49.1 cm³/mol. The van der Waals surface area contributed by atoms with Gasteiger partial charge < -0.3 is 5.11 Å². The van der Waals surface area contributed by atoms with E-state index in [2.05, 4.69) is 0 Å². The molecule has 0 bridgehead atoms. The summed E-state index contributed by atoms with van der Waals surface area (Å²) < 4.78 is 13.3. The Labute approximate surface area is 84.3 Å². The van der Waals surface area contributed by atoms with E-state index >= 15 is 0 Å². The van der Waals surface area contributed by atoms with Crippen molar-refractivity contribution in [3.63, 3.8) is 0 Å². The van der Waals surface area contributed by atoms with Crippen molar-refractivity contribution >= 4 is 11.7 Å². The van der Waals surface area contributed by atoms with Gasteiger partial charge in [0.05, 0.1) is 17.4 Å². The lowest BCUT2D eigenvalue weighted by Crippen LogP contribution is -2.05. The lowest BCUT2D eigenvalue weighted by Gasteiger charge is -2.04. The molecule has 1 rings (SSSR count). The Kier molecular flexibility index (Phi) is 2.99. The normalized spacial score (nSPS) is 10.0. The van der Waals surface area contributed by atoms with E-state index in [4.69, 9.17) is 5.11 Å². The summed E-state index contributed by atoms with van der Waals surface area (Å²) in [4.78, 5) is 20.0. The molecule has 1 N–H and O–H groups in total. The molecule has 0 aliphatic carbocycles. The zero-order valence-electron chi connectivity index (χ0n) is 7.86. The third-order valence-electron chi connectivity index (χ3n) is 1.94. The predicted octanol–water partition coefficient (Wildman–Crippen LogP) is 1.67. The number of nitro benzene ring substituents is 1. The van der Waals surface area contributed by atoms with Gasteiger partial charge in [0.25, 0.3) is 5.69 Å². The van der Waals surface area contributed by atoms with E-state index < -0.39 is 23.1 Å². The van der Waals surface area contributed by atoms with Crippen LogP contribution < -0.4 is 0 Å². The van der Waals surface area contributed by atoms with E-state index in [0.29, 0.717) is 0 Å². The molecule has 6 heteroatoms. The summed E-state index contributed by atoms with van der Waals surface area (Å²) in [6.45, 7) is 1.44. The molecule has 0 saturated carbocycles. The molecule has 0 spiro atoms. The Morgan fingerprint density at radius 3 is 2.60 bits per heavy atom. The van der Waals surface area contributed by atoms with Crippen molar-refractivity contribution in [3.05, 3.63) is 39.2 Å². The van der Waals surface area contributed by atoms with Gasteiger partial charge in [0, 0.05) is 11.6 Å². The number of carboxylic acids is 1. The SMILES string of the molecule is Cc1cc([N+](=O)[O-])cc(F)c1CC(=O)O. The second-order valence-electron chi connectivity index (χ2n) is 3.05. The molecule has 80 valence electrons. The monoisotopic (exact) mass is 213 g/mol. The molecule has 5 nitrogen and oxygen atoms in total. The second-order valence-corrected chi connectivity index (χ2v) is 3.05. The molecule has 0 aliphatic heterocycles. The van der Waals surface area contributed by atoms with E-state index in [0.717, 1.165) is 12.1 Å². The van der Waals surface area contributed by atoms with Crippen LogP contribution in [0, 0.1) is 22.9 Å². The van der Waals surface area contributed by atoms with Crippen molar-refractivity contribution in [1.29, 1.82) is 0 Å². The molecular formula is C9H8FNO4. The zero-order chi connectivity index (χ0) is 11.6. The highest BCUT2D eigenvalue weighted by Crippen LogP contribution is 2.21. The number of carbonyl (C=O) groups is 1. The van der Waals surface area contributed by atoms with Crippen molar-refractivity contribution in [3.8, 4) is 0 Å². The van der Waals surface area contributed by atoms with Crippen molar-refractivity contribution in [2.45, 2.75) is 13.3 Å². The summed E-state index contributed by atoms with van der Waals surface area (Å²) in [5.41, 5.74) is -0.128. The van der Waals surface area contributed by atoms with E-state index in [1.165, 1.54) is 6.92 Å². The first kappa shape index (κ1) is 11.1. The number of carboxylic acid groups (broad SMARTS) is 1. The highest BCUT2D eigenvalue weighted by atomic mass is 19.1. The van der Waals surface area contributed by atoms with Crippen LogP contribution in [0.15, 0.2) is 12.1 Å². The van der Waals surface area contributed by atoms with Crippen LogP contribution in [-0.2, 0) is 11.2 Å². The quantitative estimate of drug-likeness (QED) is 0.611. The van der Waals surface area contributed by atoms with Gasteiger partial charge in [-0.25, -0.2) is 4.39 Å². The summed E-state index contributed by atoms with van der Waals surface area (Å²) in [7, 11) is 0. The number of rotatable bonds is 3. The van der Waals surface area contributed by atoms with E-state index in [1.807, 2.05) is 0 Å². The van der Waals surface area contributed by atoms with Crippen LogP contribution in [0.5, 0.6) is 0 Å². The van der Waals surface area contributed by atoms with Crippen molar-refractivity contribution in [2.24, 2.45) is 0 Å². The van der Waals surface area contributed by atoms with Crippen LogP contribution in [0.4, 0.5) is 10.1 Å². The van der Waals surface area contributed by atoms with Gasteiger partial charge in [0.15, 0.2) is 0 Å². The minimum absolute atomic E-state index is 0.0203. The number of halogens is 1. The highest BCUT2D eigenvalue weighted by molar-refractivity contribution is 5.71. The van der Waals surface area contributed by atoms with E-state index in [-0.39, 0.29) is 16.8 Å². The van der Waals surface area contributed by atoms with Gasteiger partial charge in [-0.2, -0.15) is 0 Å². The average molecular weight is 213 g/mol. The van der Waals surface area contributed by atoms with E-state index in [1.54, 1.807) is 0 Å². The molecule has 15 heavy (non-hydrogen) atoms. The average Bonchev–Trinajstić information content (AvgIpc) is 2.10. The first-order valence-corrected chi connectivity index (χ1v) is 4.07. The number of benzene rings is 1. The lowest BCUT2D eigenvalue weighted by molar-refractivity contribution is -0.385. The second kappa shape index (κ2) is 4.04. The molecule has 1 aromatic carbocycles. The van der Waals surface area contributed by atoms with Gasteiger partial charge in [-0.05, 0) is 12.5 Å². The maximum atomic E-state index is 13.3. The van der Waals surface area contributed by atoms with Crippen LogP contribution in [0.1, 0.15) is 11.1 Å². The van der Waals surface area contributed by atoms with Gasteiger partial charge in [0.2, 0.25) is 0 Å². The third kappa shape index (κ3) is 2.49. The van der Waals surface area contributed by atoms with Crippen LogP contribution >= 0.6 is 0 Å². The number of nitrogens with zero attached hydrogens (tertiary/aromatic N) is 1. The molecule has 0 aromatic heterocycles. The molecule has 0 unspecified atom stereocenters. The smallest absolute Gasteiger partial charge is 0.307 e. The van der Waals surface area contributed by atoms with E-state index in [9.17, 15) is 19.3 Å². The lowest BCUT2D eigenvalue weighted by atomic mass is 10.0. The van der Waals surface area contributed by atoms with Crippen LogP contribution in [-0.4, -0.2) is 16.0 Å². The third-order valence-corrected chi connectivity index (χ3v) is 1.94. The van der Waals surface area contributed by atoms with Gasteiger partial charge in [-0.3, -0.25) is 14.9 Å². The molecule has 0 saturated heterocycles. The number of nitro groups is 1. The fourth-order valence-corrected chi connectivity index (χ4v) is 1.24. The summed E-state index contributed by atoms with van der Waals surface area (Å²) in [6.07, 6.45) is -0.477. The Balaban J connectivity index is 3.21. The number of hydrogen-bond acceptors (Lipinski definition) is 3. The fourth-order valence-electron chi connectivity index (χ4n) is 1.24.